The Morgan fingerprint density at radius 3 is 2.60 bits per heavy atom. The number of benzene rings is 1. The Bertz CT molecular complexity index is 840. The minimum absolute atomic E-state index is 0.0304. The van der Waals surface area contributed by atoms with Gasteiger partial charge in [0, 0.05) is 36.5 Å². The smallest absolute Gasteiger partial charge is 0.251 e. The van der Waals surface area contributed by atoms with E-state index in [0.717, 1.165) is 23.6 Å². The van der Waals surface area contributed by atoms with Crippen LogP contribution in [0.1, 0.15) is 68.3 Å². The number of rotatable bonds is 8. The van der Waals surface area contributed by atoms with Gasteiger partial charge in [-0.1, -0.05) is 61.7 Å². The Morgan fingerprint density at radius 2 is 1.93 bits per heavy atom. The van der Waals surface area contributed by atoms with E-state index >= 15 is 0 Å². The number of amides is 1. The van der Waals surface area contributed by atoms with Gasteiger partial charge in [0.25, 0.3) is 5.91 Å². The number of hydrogen-bond donors (Lipinski definition) is 1. The molecule has 1 aliphatic rings. The maximum absolute atomic E-state index is 12.2. The number of nitrogens with one attached hydrogen (secondary N) is 1. The van der Waals surface area contributed by atoms with E-state index in [1.165, 1.54) is 32.1 Å². The van der Waals surface area contributed by atoms with Gasteiger partial charge >= 0.3 is 0 Å². The van der Waals surface area contributed by atoms with E-state index in [0.29, 0.717) is 21.9 Å². The molecule has 2 aromatic rings. The van der Waals surface area contributed by atoms with E-state index in [1.807, 2.05) is 37.3 Å². The summed E-state index contributed by atoms with van der Waals surface area (Å²) in [7, 11) is 2.10. The first kappa shape index (κ1) is 22.9. The van der Waals surface area contributed by atoms with E-state index in [1.54, 1.807) is 11.8 Å². The van der Waals surface area contributed by atoms with Crippen LogP contribution in [0.5, 0.6) is 0 Å². The number of halogens is 1. The standard InChI is InChI=1S/C23H31ClN4OS/c1-4-16(2)25-22(29)18-12-10-17(11-13-18)15-30-23-26-20(24)14-21(27-23)28(3)19-8-6-5-7-9-19/h10-14,16,19H,4-9,15H2,1-3H3,(H,25,29). The molecule has 1 amide bonds. The van der Waals surface area contributed by atoms with Crippen LogP contribution >= 0.6 is 23.4 Å². The van der Waals surface area contributed by atoms with Gasteiger partial charge in [0.2, 0.25) is 0 Å². The molecule has 1 atom stereocenters. The molecule has 7 heteroatoms. The van der Waals surface area contributed by atoms with Gasteiger partial charge in [0.15, 0.2) is 5.16 Å². The highest BCUT2D eigenvalue weighted by atomic mass is 35.5. The summed E-state index contributed by atoms with van der Waals surface area (Å²) in [5, 5.41) is 4.14. The van der Waals surface area contributed by atoms with Gasteiger partial charge in [0.05, 0.1) is 0 Å². The van der Waals surface area contributed by atoms with Crippen LogP contribution in [0.3, 0.4) is 0 Å². The molecule has 5 nitrogen and oxygen atoms in total. The normalized spacial score (nSPS) is 15.6. The fraction of sp³-hybridized carbons (Fsp3) is 0.522. The second-order valence-electron chi connectivity index (χ2n) is 8.00. The molecule has 1 saturated carbocycles. The van der Waals surface area contributed by atoms with E-state index in [4.69, 9.17) is 16.6 Å². The molecule has 1 N–H and O–H groups in total. The van der Waals surface area contributed by atoms with E-state index in [9.17, 15) is 4.79 Å². The quantitative estimate of drug-likeness (QED) is 0.319. The van der Waals surface area contributed by atoms with Crippen molar-refractivity contribution in [3.05, 3.63) is 46.6 Å². The first-order chi connectivity index (χ1) is 14.5. The lowest BCUT2D eigenvalue weighted by Gasteiger charge is -2.32. The predicted octanol–water partition coefficient (Wildman–Crippen LogP) is 5.72. The average Bonchev–Trinajstić information content (AvgIpc) is 2.77. The predicted molar refractivity (Wildman–Crippen MR) is 126 cm³/mol. The lowest BCUT2D eigenvalue weighted by atomic mass is 9.94. The topological polar surface area (TPSA) is 58.1 Å². The summed E-state index contributed by atoms with van der Waals surface area (Å²) in [4.78, 5) is 23.6. The van der Waals surface area contributed by atoms with Gasteiger partial charge in [-0.2, -0.15) is 0 Å². The maximum Gasteiger partial charge on any atom is 0.251 e. The summed E-state index contributed by atoms with van der Waals surface area (Å²) in [6.07, 6.45) is 7.21. The molecular formula is C23H31ClN4OS. The van der Waals surface area contributed by atoms with Crippen molar-refractivity contribution in [2.24, 2.45) is 0 Å². The van der Waals surface area contributed by atoms with Crippen LogP contribution in [0.2, 0.25) is 5.15 Å². The SMILES string of the molecule is CCC(C)NC(=O)c1ccc(CSc2nc(Cl)cc(N(C)C3CCCCC3)n2)cc1. The van der Waals surface area contributed by atoms with E-state index < -0.39 is 0 Å². The van der Waals surface area contributed by atoms with Crippen molar-refractivity contribution in [3.8, 4) is 0 Å². The molecule has 0 radical (unpaired) electrons. The first-order valence-electron chi connectivity index (χ1n) is 10.8. The van der Waals surface area contributed by atoms with E-state index in [-0.39, 0.29) is 11.9 Å². The Hall–Kier alpha value is -1.79. The molecule has 1 unspecified atom stereocenters. The highest BCUT2D eigenvalue weighted by Crippen LogP contribution is 2.28. The summed E-state index contributed by atoms with van der Waals surface area (Å²) >= 11 is 7.85. The lowest BCUT2D eigenvalue weighted by Crippen LogP contribution is -2.34. The second kappa shape index (κ2) is 11.0. The summed E-state index contributed by atoms with van der Waals surface area (Å²) in [6, 6.07) is 10.3. The third kappa shape index (κ3) is 6.35. The molecular weight excluding hydrogens is 416 g/mol. The summed E-state index contributed by atoms with van der Waals surface area (Å²) < 4.78 is 0. The van der Waals surface area contributed by atoms with Gasteiger partial charge in [-0.25, -0.2) is 9.97 Å². The number of aromatic nitrogens is 2. The molecule has 0 bridgehead atoms. The van der Waals surface area contributed by atoms with Crippen LogP contribution in [0.25, 0.3) is 0 Å². The highest BCUT2D eigenvalue weighted by molar-refractivity contribution is 7.98. The molecule has 1 fully saturated rings. The number of carbonyl (C=O) groups is 1. The molecule has 3 rings (SSSR count). The Labute approximate surface area is 189 Å². The van der Waals surface area contributed by atoms with Crippen LogP contribution < -0.4 is 10.2 Å². The lowest BCUT2D eigenvalue weighted by molar-refractivity contribution is 0.0939. The number of anilines is 1. The fourth-order valence-electron chi connectivity index (χ4n) is 3.60. The zero-order valence-corrected chi connectivity index (χ0v) is 19.6. The van der Waals surface area contributed by atoms with Crippen LogP contribution in [0.15, 0.2) is 35.5 Å². The molecule has 162 valence electrons. The van der Waals surface area contributed by atoms with Crippen LogP contribution in [-0.4, -0.2) is 35.0 Å². The van der Waals surface area contributed by atoms with E-state index in [2.05, 4.69) is 29.2 Å². The van der Waals surface area contributed by atoms with Crippen molar-refractivity contribution in [1.82, 2.24) is 15.3 Å². The number of hydrogen-bond acceptors (Lipinski definition) is 5. The minimum atomic E-state index is -0.0304. The number of nitrogens with zero attached hydrogens (tertiary/aromatic N) is 3. The molecule has 0 saturated heterocycles. The van der Waals surface area contributed by atoms with Gasteiger partial charge in [-0.05, 0) is 43.9 Å². The summed E-state index contributed by atoms with van der Waals surface area (Å²) in [5.41, 5.74) is 1.80. The van der Waals surface area contributed by atoms with Crippen molar-refractivity contribution < 1.29 is 4.79 Å². The maximum atomic E-state index is 12.2. The molecule has 1 aromatic heterocycles. The molecule has 1 aromatic carbocycles. The monoisotopic (exact) mass is 446 g/mol. The molecule has 0 spiro atoms. The number of thioether (sulfide) groups is 1. The third-order valence-electron chi connectivity index (χ3n) is 5.72. The molecule has 0 aliphatic heterocycles. The molecule has 1 aliphatic carbocycles. The molecule has 1 heterocycles. The van der Waals surface area contributed by atoms with Crippen molar-refractivity contribution in [2.45, 2.75) is 75.4 Å². The Morgan fingerprint density at radius 1 is 1.23 bits per heavy atom. The van der Waals surface area contributed by atoms with Crippen molar-refractivity contribution in [1.29, 1.82) is 0 Å². The van der Waals surface area contributed by atoms with Gasteiger partial charge in [-0.3, -0.25) is 4.79 Å². The van der Waals surface area contributed by atoms with Crippen molar-refractivity contribution in [2.75, 3.05) is 11.9 Å². The Balaban J connectivity index is 1.61. The Kier molecular flexibility index (Phi) is 8.40. The first-order valence-corrected chi connectivity index (χ1v) is 12.1. The summed E-state index contributed by atoms with van der Waals surface area (Å²) in [6.45, 7) is 4.06. The highest BCUT2D eigenvalue weighted by Gasteiger charge is 2.20. The van der Waals surface area contributed by atoms with Crippen molar-refractivity contribution >= 4 is 35.1 Å². The van der Waals surface area contributed by atoms with Gasteiger partial charge in [0.1, 0.15) is 11.0 Å². The van der Waals surface area contributed by atoms with Crippen molar-refractivity contribution in [3.63, 3.8) is 0 Å². The van der Waals surface area contributed by atoms with Crippen LogP contribution in [-0.2, 0) is 5.75 Å². The van der Waals surface area contributed by atoms with Gasteiger partial charge in [-0.15, -0.1) is 0 Å². The fourth-order valence-corrected chi connectivity index (χ4v) is 4.63. The summed E-state index contributed by atoms with van der Waals surface area (Å²) in [5.74, 6) is 1.58. The zero-order chi connectivity index (χ0) is 21.5. The number of carbonyl (C=O) groups excluding carboxylic acids is 1. The zero-order valence-electron chi connectivity index (χ0n) is 18.0. The van der Waals surface area contributed by atoms with Crippen LogP contribution in [0.4, 0.5) is 5.82 Å². The second-order valence-corrected chi connectivity index (χ2v) is 9.33. The van der Waals surface area contributed by atoms with Gasteiger partial charge < -0.3 is 10.2 Å². The van der Waals surface area contributed by atoms with Crippen LogP contribution in [0, 0.1) is 0 Å². The average molecular weight is 447 g/mol. The third-order valence-corrected chi connectivity index (χ3v) is 6.83. The minimum Gasteiger partial charge on any atom is -0.357 e. The molecule has 30 heavy (non-hydrogen) atoms. The largest absolute Gasteiger partial charge is 0.357 e.